The second-order valence-electron chi connectivity index (χ2n) is 10.8. The van der Waals surface area contributed by atoms with Gasteiger partial charge in [0, 0.05) is 35.1 Å². The van der Waals surface area contributed by atoms with Crippen molar-refractivity contribution in [3.63, 3.8) is 0 Å². The third kappa shape index (κ3) is 5.07. The maximum absolute atomic E-state index is 15.5. The molecule has 0 aliphatic heterocycles. The zero-order chi connectivity index (χ0) is 29.7. The number of nitrogen functional groups attached to an aromatic ring is 1. The van der Waals surface area contributed by atoms with Crippen LogP contribution in [0.5, 0.6) is 0 Å². The van der Waals surface area contributed by atoms with Crippen LogP contribution in [0, 0.1) is 11.2 Å². The van der Waals surface area contributed by atoms with Crippen LogP contribution in [-0.4, -0.2) is 36.3 Å². The van der Waals surface area contributed by atoms with Gasteiger partial charge in [0.25, 0.3) is 5.91 Å². The molecular formula is C28H26F4N6O3. The number of amides is 1. The summed E-state index contributed by atoms with van der Waals surface area (Å²) in [5.41, 5.74) is 4.28. The van der Waals surface area contributed by atoms with E-state index in [4.69, 9.17) is 10.7 Å². The van der Waals surface area contributed by atoms with Crippen molar-refractivity contribution >= 4 is 29.0 Å². The molecule has 214 valence electrons. The molecular weight excluding hydrogens is 544 g/mol. The molecule has 4 aromatic rings. The van der Waals surface area contributed by atoms with E-state index in [1.165, 1.54) is 18.3 Å². The normalized spacial score (nSPS) is 21.1. The molecule has 1 fully saturated rings. The van der Waals surface area contributed by atoms with Gasteiger partial charge in [-0.3, -0.25) is 14.0 Å². The molecule has 1 aliphatic carbocycles. The molecule has 9 nitrogen and oxygen atoms in total. The number of halogens is 4. The number of nitrogens with one attached hydrogen (secondary N) is 1. The molecule has 0 radical (unpaired) electrons. The molecule has 0 saturated heterocycles. The number of carboxylic acid groups (broad SMARTS) is 1. The molecule has 0 unspecified atom stereocenters. The number of aliphatic carboxylic acids is 1. The first kappa shape index (κ1) is 28.0. The number of benzene rings is 1. The van der Waals surface area contributed by atoms with Gasteiger partial charge in [0.2, 0.25) is 0 Å². The number of nitrogens with two attached hydrogens (primary N) is 1. The summed E-state index contributed by atoms with van der Waals surface area (Å²) >= 11 is 0. The zero-order valence-electron chi connectivity index (χ0n) is 22.1. The first-order valence-corrected chi connectivity index (χ1v) is 12.7. The highest BCUT2D eigenvalue weighted by atomic mass is 19.4. The van der Waals surface area contributed by atoms with E-state index in [-0.39, 0.29) is 28.5 Å². The number of carbonyl (C=O) groups is 2. The second-order valence-corrected chi connectivity index (χ2v) is 10.8. The summed E-state index contributed by atoms with van der Waals surface area (Å²) in [5.74, 6) is -2.16. The lowest BCUT2D eigenvalue weighted by Crippen LogP contribution is -2.39. The quantitative estimate of drug-likeness (QED) is 0.262. The van der Waals surface area contributed by atoms with Crippen molar-refractivity contribution in [3.8, 4) is 11.3 Å². The summed E-state index contributed by atoms with van der Waals surface area (Å²) in [6.45, 7) is 3.71. The number of carboxylic acids is 1. The van der Waals surface area contributed by atoms with E-state index in [0.29, 0.717) is 43.1 Å². The number of anilines is 2. The van der Waals surface area contributed by atoms with Crippen LogP contribution in [-0.2, 0) is 16.4 Å². The van der Waals surface area contributed by atoms with Crippen molar-refractivity contribution in [1.82, 2.24) is 19.4 Å². The Bertz CT molecular complexity index is 1680. The Morgan fingerprint density at radius 2 is 1.76 bits per heavy atom. The van der Waals surface area contributed by atoms with Crippen molar-refractivity contribution in [2.75, 3.05) is 11.1 Å². The van der Waals surface area contributed by atoms with Gasteiger partial charge in [0.15, 0.2) is 0 Å². The topological polar surface area (TPSA) is 135 Å². The van der Waals surface area contributed by atoms with Crippen LogP contribution in [0.25, 0.3) is 16.8 Å². The van der Waals surface area contributed by atoms with Gasteiger partial charge < -0.3 is 16.2 Å². The number of hydrogen-bond donors (Lipinski definition) is 3. The number of hydrogen-bond acceptors (Lipinski definition) is 6. The van der Waals surface area contributed by atoms with Crippen LogP contribution in [0.1, 0.15) is 61.3 Å². The van der Waals surface area contributed by atoms with Gasteiger partial charge in [-0.2, -0.15) is 13.2 Å². The number of carbonyl (C=O) groups excluding carboxylic acids is 1. The largest absolute Gasteiger partial charge is 0.481 e. The predicted molar refractivity (Wildman–Crippen MR) is 142 cm³/mol. The van der Waals surface area contributed by atoms with Crippen LogP contribution in [0.3, 0.4) is 0 Å². The minimum atomic E-state index is -4.62. The van der Waals surface area contributed by atoms with E-state index >= 15 is 4.39 Å². The first-order chi connectivity index (χ1) is 19.2. The summed E-state index contributed by atoms with van der Waals surface area (Å²) in [6, 6.07) is 5.07. The molecule has 3 heterocycles. The van der Waals surface area contributed by atoms with E-state index < -0.39 is 40.3 Å². The van der Waals surface area contributed by atoms with Gasteiger partial charge in [-0.05, 0) is 62.9 Å². The Balaban J connectivity index is 1.49. The van der Waals surface area contributed by atoms with Gasteiger partial charge in [-0.15, -0.1) is 0 Å². The van der Waals surface area contributed by atoms with Crippen molar-refractivity contribution in [1.29, 1.82) is 0 Å². The lowest BCUT2D eigenvalue weighted by atomic mass is 9.65. The number of nitrogens with zero attached hydrogens (tertiary/aromatic N) is 4. The zero-order valence-corrected chi connectivity index (χ0v) is 22.1. The fraction of sp³-hybridized carbons (Fsp3) is 0.321. The Morgan fingerprint density at radius 1 is 1.05 bits per heavy atom. The second kappa shape index (κ2) is 9.82. The van der Waals surface area contributed by atoms with Crippen molar-refractivity contribution in [2.45, 2.75) is 51.1 Å². The SMILES string of the molecule is CC1(C(=O)O)CCC(C)(c2nc(-c3ccc(C(=O)Nc4cc(C(F)(F)F)ccn4)cc3F)c3c(N)nccn23)CC1. The molecule has 13 heteroatoms. The smallest absolute Gasteiger partial charge is 0.416 e. The maximum Gasteiger partial charge on any atom is 0.416 e. The predicted octanol–water partition coefficient (Wildman–Crippen LogP) is 5.71. The summed E-state index contributed by atoms with van der Waals surface area (Å²) < 4.78 is 56.3. The highest BCUT2D eigenvalue weighted by molar-refractivity contribution is 6.04. The summed E-state index contributed by atoms with van der Waals surface area (Å²) in [7, 11) is 0. The number of fused-ring (bicyclic) bond motifs is 1. The van der Waals surface area contributed by atoms with Gasteiger partial charge >= 0.3 is 12.1 Å². The number of rotatable bonds is 5. The van der Waals surface area contributed by atoms with Crippen LogP contribution >= 0.6 is 0 Å². The molecule has 0 bridgehead atoms. The molecule has 3 aromatic heterocycles. The first-order valence-electron chi connectivity index (χ1n) is 12.7. The Morgan fingerprint density at radius 3 is 2.39 bits per heavy atom. The fourth-order valence-electron chi connectivity index (χ4n) is 5.18. The maximum atomic E-state index is 15.5. The molecule has 1 aliphatic rings. The van der Waals surface area contributed by atoms with Crippen molar-refractivity contribution in [2.24, 2.45) is 5.41 Å². The van der Waals surface area contributed by atoms with E-state index in [0.717, 1.165) is 18.3 Å². The molecule has 5 rings (SSSR count). The van der Waals surface area contributed by atoms with Gasteiger partial charge in [0.1, 0.15) is 34.5 Å². The van der Waals surface area contributed by atoms with E-state index in [2.05, 4.69) is 15.3 Å². The molecule has 0 spiro atoms. The number of alkyl halides is 3. The molecule has 4 N–H and O–H groups in total. The number of aromatic nitrogens is 4. The van der Waals surface area contributed by atoms with Crippen LogP contribution in [0.15, 0.2) is 48.9 Å². The molecule has 41 heavy (non-hydrogen) atoms. The van der Waals surface area contributed by atoms with Crippen LogP contribution < -0.4 is 11.1 Å². The summed E-state index contributed by atoms with van der Waals surface area (Å²) in [4.78, 5) is 37.1. The molecule has 1 saturated carbocycles. The molecule has 1 amide bonds. The van der Waals surface area contributed by atoms with Gasteiger partial charge in [-0.25, -0.2) is 19.3 Å². The van der Waals surface area contributed by atoms with E-state index in [1.807, 2.05) is 6.92 Å². The Kier molecular flexibility index (Phi) is 6.71. The average Bonchev–Trinajstić information content (AvgIpc) is 3.31. The molecule has 1 aromatic carbocycles. The Labute approximate surface area is 231 Å². The lowest BCUT2D eigenvalue weighted by Gasteiger charge is -2.40. The van der Waals surface area contributed by atoms with Crippen molar-refractivity contribution < 1.29 is 32.3 Å². The van der Waals surface area contributed by atoms with E-state index in [1.54, 1.807) is 17.5 Å². The summed E-state index contributed by atoms with van der Waals surface area (Å²) in [5, 5.41) is 11.9. The Hall–Kier alpha value is -4.55. The fourth-order valence-corrected chi connectivity index (χ4v) is 5.18. The third-order valence-electron chi connectivity index (χ3n) is 7.91. The third-order valence-corrected chi connectivity index (χ3v) is 7.91. The van der Waals surface area contributed by atoms with Gasteiger partial charge in [0.05, 0.1) is 11.0 Å². The minimum absolute atomic E-state index is 0.0389. The number of pyridine rings is 1. The highest BCUT2D eigenvalue weighted by Crippen LogP contribution is 2.47. The van der Waals surface area contributed by atoms with Gasteiger partial charge in [-0.1, -0.05) is 6.92 Å². The number of imidazole rings is 1. The standard InChI is InChI=1S/C28H26F4N6O3/c1-26(6-8-27(2,9-7-26)25(40)41)24-37-20(21-22(33)35-11-12-38(21)24)17-4-3-15(13-18(17)29)23(39)36-19-14-16(5-10-34-19)28(30,31)32/h3-5,10-14H,6-9H2,1-2H3,(H2,33,35)(H,40,41)(H,34,36,39). The average molecular weight is 571 g/mol. The van der Waals surface area contributed by atoms with Crippen LogP contribution in [0.2, 0.25) is 0 Å². The van der Waals surface area contributed by atoms with Crippen molar-refractivity contribution in [3.05, 3.63) is 71.7 Å². The van der Waals surface area contributed by atoms with E-state index in [9.17, 15) is 27.9 Å². The van der Waals surface area contributed by atoms with Crippen LogP contribution in [0.4, 0.5) is 29.2 Å². The highest BCUT2D eigenvalue weighted by Gasteiger charge is 2.45. The monoisotopic (exact) mass is 570 g/mol. The molecule has 0 atom stereocenters. The lowest BCUT2D eigenvalue weighted by molar-refractivity contribution is -0.150. The minimum Gasteiger partial charge on any atom is -0.481 e. The summed E-state index contributed by atoms with van der Waals surface area (Å²) in [6.07, 6.45) is 1.38.